The molecule has 1 aromatic heterocycles. The molecule has 8 nitrogen and oxygen atoms in total. The number of hydrogen-bond donors (Lipinski definition) is 2. The van der Waals surface area contributed by atoms with Crippen LogP contribution in [-0.2, 0) is 20.2 Å². The number of anilines is 2. The molecular formula is C14H22N4O4P+. The van der Waals surface area contributed by atoms with Crippen molar-refractivity contribution in [2.75, 3.05) is 17.2 Å². The van der Waals surface area contributed by atoms with Crippen molar-refractivity contribution in [1.82, 2.24) is 9.97 Å². The van der Waals surface area contributed by atoms with Gasteiger partial charge in [0.1, 0.15) is 30.8 Å². The summed E-state index contributed by atoms with van der Waals surface area (Å²) in [5.41, 5.74) is 6.85. The highest BCUT2D eigenvalue weighted by Gasteiger charge is 2.33. The fraction of sp³-hybridized carbons (Fsp3) is 0.571. The fourth-order valence-corrected chi connectivity index (χ4v) is 2.92. The first-order valence-electron chi connectivity index (χ1n) is 7.51. The largest absolute Gasteiger partial charge is 0.694 e. The second-order valence-corrected chi connectivity index (χ2v) is 5.96. The molecule has 23 heavy (non-hydrogen) atoms. The Balaban J connectivity index is 2.13. The summed E-state index contributed by atoms with van der Waals surface area (Å²) in [4.78, 5) is 18.9. The Labute approximate surface area is 136 Å². The minimum atomic E-state index is -2.61. The summed E-state index contributed by atoms with van der Waals surface area (Å²) in [6, 6.07) is 0. The van der Waals surface area contributed by atoms with Crippen LogP contribution in [0, 0.1) is 0 Å². The zero-order valence-electron chi connectivity index (χ0n) is 13.1. The Bertz CT molecular complexity index is 572. The molecule has 2 rings (SSSR count). The topological polar surface area (TPSA) is 111 Å². The number of ether oxygens (including phenoxy) is 1. The van der Waals surface area contributed by atoms with Crippen molar-refractivity contribution in [1.29, 1.82) is 0 Å². The summed E-state index contributed by atoms with van der Waals surface area (Å²) in [5, 5.41) is 0. The van der Waals surface area contributed by atoms with Crippen LogP contribution in [0.1, 0.15) is 31.7 Å². The van der Waals surface area contributed by atoms with E-state index in [1.165, 1.54) is 6.33 Å². The van der Waals surface area contributed by atoms with Gasteiger partial charge in [0.2, 0.25) is 0 Å². The van der Waals surface area contributed by atoms with E-state index in [0.29, 0.717) is 11.6 Å². The van der Waals surface area contributed by atoms with Crippen molar-refractivity contribution < 1.29 is 18.7 Å². The third kappa shape index (κ3) is 4.45. The molecule has 1 aliphatic heterocycles. The molecular weight excluding hydrogens is 319 g/mol. The van der Waals surface area contributed by atoms with Crippen molar-refractivity contribution in [3.8, 4) is 0 Å². The predicted octanol–water partition coefficient (Wildman–Crippen LogP) is 2.13. The first kappa shape index (κ1) is 17.7. The quantitative estimate of drug-likeness (QED) is 0.692. The zero-order chi connectivity index (χ0) is 16.8. The summed E-state index contributed by atoms with van der Waals surface area (Å²) in [6.45, 7) is 5.98. The van der Waals surface area contributed by atoms with Gasteiger partial charge in [0, 0.05) is 16.3 Å². The molecule has 0 saturated carbocycles. The third-order valence-electron chi connectivity index (χ3n) is 3.66. The standard InChI is InChI=1S/C14H21N4O4P/c1-3-5-11-13(15)16-9-17-14(11)18(4-2)12-7-6-10(22-12)8-21-23(19)20/h4,9-10,12H,2-3,5-8H2,1H3,(H2-,15,16,17,19,20)/p+1. The molecule has 0 aromatic carbocycles. The maximum Gasteiger partial charge on any atom is 0.694 e. The molecule has 3 N–H and O–H groups in total. The van der Waals surface area contributed by atoms with Crippen LogP contribution >= 0.6 is 8.25 Å². The molecule has 0 amide bonds. The lowest BCUT2D eigenvalue weighted by Crippen LogP contribution is -2.33. The molecule has 1 saturated heterocycles. The van der Waals surface area contributed by atoms with Gasteiger partial charge < -0.3 is 15.4 Å². The first-order valence-corrected chi connectivity index (χ1v) is 8.64. The lowest BCUT2D eigenvalue weighted by molar-refractivity contribution is 0.0197. The average molecular weight is 341 g/mol. The van der Waals surface area contributed by atoms with Crippen LogP contribution in [-0.4, -0.2) is 33.8 Å². The van der Waals surface area contributed by atoms with Crippen molar-refractivity contribution in [3.63, 3.8) is 0 Å². The molecule has 0 bridgehead atoms. The monoisotopic (exact) mass is 341 g/mol. The summed E-state index contributed by atoms with van der Waals surface area (Å²) >= 11 is 0. The Morgan fingerprint density at radius 3 is 3.04 bits per heavy atom. The van der Waals surface area contributed by atoms with Gasteiger partial charge >= 0.3 is 8.25 Å². The first-order chi connectivity index (χ1) is 11.1. The van der Waals surface area contributed by atoms with Crippen LogP contribution in [0.15, 0.2) is 19.1 Å². The number of nitrogens with zero attached hydrogens (tertiary/aromatic N) is 3. The van der Waals surface area contributed by atoms with Crippen LogP contribution in [0.3, 0.4) is 0 Å². The molecule has 1 fully saturated rings. The molecule has 0 aliphatic carbocycles. The van der Waals surface area contributed by atoms with Gasteiger partial charge in [-0.05, 0) is 19.3 Å². The summed E-state index contributed by atoms with van der Waals surface area (Å²) < 4.78 is 21.2. The van der Waals surface area contributed by atoms with E-state index in [-0.39, 0.29) is 18.9 Å². The zero-order valence-corrected chi connectivity index (χ0v) is 14.0. The molecule has 126 valence electrons. The second-order valence-electron chi connectivity index (χ2n) is 5.22. The second kappa shape index (κ2) is 8.31. The van der Waals surface area contributed by atoms with Crippen LogP contribution in [0.2, 0.25) is 0 Å². The Morgan fingerprint density at radius 1 is 1.61 bits per heavy atom. The minimum Gasteiger partial charge on any atom is -0.383 e. The van der Waals surface area contributed by atoms with Gasteiger partial charge in [0.25, 0.3) is 0 Å². The molecule has 0 radical (unpaired) electrons. The Hall–Kier alpha value is -1.60. The Kier molecular flexibility index (Phi) is 6.41. The summed E-state index contributed by atoms with van der Waals surface area (Å²) in [6.07, 6.45) is 5.72. The highest BCUT2D eigenvalue weighted by molar-refractivity contribution is 7.32. The number of rotatable bonds is 8. The number of hydrogen-bond acceptors (Lipinski definition) is 7. The lowest BCUT2D eigenvalue weighted by atomic mass is 10.1. The van der Waals surface area contributed by atoms with Crippen molar-refractivity contribution in [2.45, 2.75) is 44.9 Å². The maximum atomic E-state index is 10.6. The number of nitrogens with two attached hydrogens (primary N) is 1. The van der Waals surface area contributed by atoms with Crippen LogP contribution in [0.25, 0.3) is 0 Å². The normalized spacial score (nSPS) is 21.2. The minimum absolute atomic E-state index is 0.0842. The molecule has 1 aromatic rings. The lowest BCUT2D eigenvalue weighted by Gasteiger charge is -2.28. The number of aromatic nitrogens is 2. The van der Waals surface area contributed by atoms with Gasteiger partial charge in [-0.2, -0.15) is 0 Å². The van der Waals surface area contributed by atoms with E-state index < -0.39 is 8.25 Å². The van der Waals surface area contributed by atoms with Gasteiger partial charge in [0.15, 0.2) is 0 Å². The third-order valence-corrected chi connectivity index (χ3v) is 4.03. The molecule has 2 heterocycles. The molecule has 3 unspecified atom stereocenters. The molecule has 3 atom stereocenters. The summed E-state index contributed by atoms with van der Waals surface area (Å²) in [7, 11) is -2.61. The Morgan fingerprint density at radius 2 is 2.39 bits per heavy atom. The van der Waals surface area contributed by atoms with Crippen LogP contribution in [0.5, 0.6) is 0 Å². The fourth-order valence-electron chi connectivity index (χ4n) is 2.63. The van der Waals surface area contributed by atoms with Crippen molar-refractivity contribution in [2.24, 2.45) is 0 Å². The van der Waals surface area contributed by atoms with E-state index in [1.807, 2.05) is 4.90 Å². The van der Waals surface area contributed by atoms with E-state index in [2.05, 4.69) is 23.5 Å². The highest BCUT2D eigenvalue weighted by atomic mass is 31.1. The van der Waals surface area contributed by atoms with E-state index in [0.717, 1.165) is 31.2 Å². The van der Waals surface area contributed by atoms with E-state index in [1.54, 1.807) is 6.20 Å². The number of nitrogen functional groups attached to an aromatic ring is 1. The molecule has 9 heteroatoms. The van der Waals surface area contributed by atoms with Gasteiger partial charge in [-0.3, -0.25) is 0 Å². The van der Waals surface area contributed by atoms with Crippen LogP contribution < -0.4 is 10.6 Å². The van der Waals surface area contributed by atoms with Gasteiger partial charge in [0.05, 0.1) is 6.10 Å². The van der Waals surface area contributed by atoms with Crippen molar-refractivity contribution >= 4 is 19.9 Å². The van der Waals surface area contributed by atoms with Crippen molar-refractivity contribution in [3.05, 3.63) is 24.7 Å². The van der Waals surface area contributed by atoms with E-state index >= 15 is 0 Å². The summed E-state index contributed by atoms with van der Waals surface area (Å²) in [5.74, 6) is 1.15. The molecule has 0 spiro atoms. The van der Waals surface area contributed by atoms with Gasteiger partial charge in [-0.1, -0.05) is 19.9 Å². The predicted molar refractivity (Wildman–Crippen MR) is 86.8 cm³/mol. The van der Waals surface area contributed by atoms with E-state index in [4.69, 9.17) is 19.9 Å². The average Bonchev–Trinajstić information content (AvgIpc) is 2.98. The SMILES string of the molecule is C=CN(c1ncnc(N)c1CCC)C1CCC(CO[P+](=O)O)O1. The maximum absolute atomic E-state index is 10.6. The van der Waals surface area contributed by atoms with Crippen LogP contribution in [0.4, 0.5) is 11.6 Å². The van der Waals surface area contributed by atoms with Gasteiger partial charge in [-0.25, -0.2) is 9.97 Å². The molecule has 1 aliphatic rings. The smallest absolute Gasteiger partial charge is 0.383 e. The van der Waals surface area contributed by atoms with E-state index in [9.17, 15) is 4.57 Å². The highest BCUT2D eigenvalue weighted by Crippen LogP contribution is 2.31. The van der Waals surface area contributed by atoms with Gasteiger partial charge in [-0.15, -0.1) is 9.42 Å².